The highest BCUT2D eigenvalue weighted by molar-refractivity contribution is 8.14. The second-order valence-corrected chi connectivity index (χ2v) is 8.51. The first-order chi connectivity index (χ1) is 13.8. The summed E-state index contributed by atoms with van der Waals surface area (Å²) < 4.78 is 0. The fourth-order valence-electron chi connectivity index (χ4n) is 3.37. The van der Waals surface area contributed by atoms with Gasteiger partial charge in [-0.05, 0) is 30.5 Å². The molecule has 2 saturated heterocycles. The van der Waals surface area contributed by atoms with Crippen molar-refractivity contribution in [1.29, 1.82) is 0 Å². The average Bonchev–Trinajstić information content (AvgIpc) is 3.01. The van der Waals surface area contributed by atoms with Gasteiger partial charge >= 0.3 is 6.03 Å². The fourth-order valence-corrected chi connectivity index (χ4v) is 4.10. The lowest BCUT2D eigenvalue weighted by molar-refractivity contribution is -0.135. The van der Waals surface area contributed by atoms with Crippen molar-refractivity contribution in [2.45, 2.75) is 39.3 Å². The number of urea groups is 1. The maximum Gasteiger partial charge on any atom is 0.319 e. The molecule has 9 heteroatoms. The van der Waals surface area contributed by atoms with Gasteiger partial charge in [-0.15, -0.1) is 0 Å². The average molecular weight is 419 g/mol. The van der Waals surface area contributed by atoms with E-state index in [0.717, 1.165) is 30.2 Å². The van der Waals surface area contributed by atoms with E-state index in [-0.39, 0.29) is 47.3 Å². The van der Waals surface area contributed by atoms with Crippen LogP contribution in [0.2, 0.25) is 0 Å². The third-order valence-electron chi connectivity index (χ3n) is 5.03. The number of rotatable bonds is 5. The first-order valence-corrected chi connectivity index (χ1v) is 10.7. The second-order valence-electron chi connectivity index (χ2n) is 7.58. The summed E-state index contributed by atoms with van der Waals surface area (Å²) in [7, 11) is 0. The molecule has 2 aliphatic rings. The zero-order valence-corrected chi connectivity index (χ0v) is 17.5. The number of carbonyl (C=O) groups is 4. The molecule has 1 aromatic rings. The fraction of sp³-hybridized carbons (Fsp3) is 0.500. The molecule has 5 amide bonds. The van der Waals surface area contributed by atoms with Crippen molar-refractivity contribution >= 4 is 40.5 Å². The molecule has 0 aliphatic carbocycles. The summed E-state index contributed by atoms with van der Waals surface area (Å²) in [5, 5.41) is 5.53. The van der Waals surface area contributed by atoms with Gasteiger partial charge in [0, 0.05) is 30.7 Å². The zero-order valence-electron chi connectivity index (χ0n) is 16.6. The Balaban J connectivity index is 1.45. The predicted octanol–water partition coefficient (Wildman–Crippen LogP) is 2.65. The van der Waals surface area contributed by atoms with E-state index in [1.165, 1.54) is 4.90 Å². The number of likely N-dealkylation sites (tertiary alicyclic amines) is 1. The van der Waals surface area contributed by atoms with Crippen LogP contribution in [0.15, 0.2) is 24.3 Å². The Kier molecular flexibility index (Phi) is 6.79. The molecular formula is C20H26N4O4S. The quantitative estimate of drug-likeness (QED) is 0.766. The molecule has 0 spiro atoms. The van der Waals surface area contributed by atoms with Gasteiger partial charge in [0.15, 0.2) is 0 Å². The van der Waals surface area contributed by atoms with Gasteiger partial charge in [0.25, 0.3) is 5.24 Å². The van der Waals surface area contributed by atoms with Crippen LogP contribution in [0, 0.1) is 5.92 Å². The van der Waals surface area contributed by atoms with E-state index in [4.69, 9.17) is 0 Å². The third kappa shape index (κ3) is 5.50. The molecule has 0 saturated carbocycles. The standard InChI is InChI=1S/C20H26N4O4S/c1-13(2)18(26)23-9-7-16(8-10-23)22-19(27)21-15-5-3-14(4-6-15)11-24-17(25)12-29-20(24)28/h3-6,13,16H,7-12H2,1-2H3,(H2,21,22,27). The van der Waals surface area contributed by atoms with Crippen molar-refractivity contribution in [3.05, 3.63) is 29.8 Å². The molecule has 0 unspecified atom stereocenters. The lowest BCUT2D eigenvalue weighted by atomic mass is 10.0. The highest BCUT2D eigenvalue weighted by Gasteiger charge is 2.29. The van der Waals surface area contributed by atoms with Crippen LogP contribution in [0.25, 0.3) is 0 Å². The smallest absolute Gasteiger partial charge is 0.319 e. The Morgan fingerprint density at radius 2 is 1.79 bits per heavy atom. The molecule has 0 radical (unpaired) electrons. The van der Waals surface area contributed by atoms with Crippen LogP contribution >= 0.6 is 11.8 Å². The Bertz CT molecular complexity index is 772. The normalized spacial score (nSPS) is 17.8. The molecule has 29 heavy (non-hydrogen) atoms. The molecule has 2 fully saturated rings. The van der Waals surface area contributed by atoms with Crippen LogP contribution < -0.4 is 10.6 Å². The van der Waals surface area contributed by atoms with Crippen molar-refractivity contribution in [1.82, 2.24) is 15.1 Å². The van der Waals surface area contributed by atoms with Crippen molar-refractivity contribution in [2.75, 3.05) is 24.2 Å². The van der Waals surface area contributed by atoms with Crippen LogP contribution in [0.3, 0.4) is 0 Å². The van der Waals surface area contributed by atoms with Gasteiger partial charge in [-0.2, -0.15) is 0 Å². The van der Waals surface area contributed by atoms with E-state index >= 15 is 0 Å². The van der Waals surface area contributed by atoms with Gasteiger partial charge < -0.3 is 15.5 Å². The molecule has 156 valence electrons. The molecule has 0 bridgehead atoms. The Hall–Kier alpha value is -2.55. The van der Waals surface area contributed by atoms with Crippen molar-refractivity contribution in [3.63, 3.8) is 0 Å². The van der Waals surface area contributed by atoms with Gasteiger partial charge in [0.05, 0.1) is 12.3 Å². The number of hydrogen-bond acceptors (Lipinski definition) is 5. The number of anilines is 1. The summed E-state index contributed by atoms with van der Waals surface area (Å²) in [4.78, 5) is 50.7. The van der Waals surface area contributed by atoms with E-state index in [1.54, 1.807) is 24.3 Å². The van der Waals surface area contributed by atoms with Crippen LogP contribution in [0.4, 0.5) is 15.3 Å². The second kappa shape index (κ2) is 9.30. The van der Waals surface area contributed by atoms with E-state index in [2.05, 4.69) is 10.6 Å². The van der Waals surface area contributed by atoms with Crippen LogP contribution in [0.5, 0.6) is 0 Å². The lowest BCUT2D eigenvalue weighted by Gasteiger charge is -2.33. The van der Waals surface area contributed by atoms with Gasteiger partial charge in [-0.3, -0.25) is 19.3 Å². The molecule has 2 heterocycles. The SMILES string of the molecule is CC(C)C(=O)N1CCC(NC(=O)Nc2ccc(CN3C(=O)CSC3=O)cc2)CC1. The summed E-state index contributed by atoms with van der Waals surface area (Å²) in [6, 6.07) is 6.82. The molecular weight excluding hydrogens is 392 g/mol. The van der Waals surface area contributed by atoms with Crippen molar-refractivity contribution < 1.29 is 19.2 Å². The minimum Gasteiger partial charge on any atom is -0.342 e. The van der Waals surface area contributed by atoms with E-state index < -0.39 is 0 Å². The minimum absolute atomic E-state index is 0.00811. The van der Waals surface area contributed by atoms with Gasteiger partial charge in [0.1, 0.15) is 0 Å². The number of nitrogens with one attached hydrogen (secondary N) is 2. The van der Waals surface area contributed by atoms with Crippen molar-refractivity contribution in [3.8, 4) is 0 Å². The first-order valence-electron chi connectivity index (χ1n) is 9.76. The number of thioether (sulfide) groups is 1. The van der Waals surface area contributed by atoms with Gasteiger partial charge in [-0.25, -0.2) is 4.79 Å². The minimum atomic E-state index is -0.285. The largest absolute Gasteiger partial charge is 0.342 e. The Morgan fingerprint density at radius 1 is 1.14 bits per heavy atom. The van der Waals surface area contributed by atoms with E-state index in [1.807, 2.05) is 18.7 Å². The van der Waals surface area contributed by atoms with Crippen LogP contribution in [-0.2, 0) is 16.1 Å². The highest BCUT2D eigenvalue weighted by Crippen LogP contribution is 2.22. The maximum absolute atomic E-state index is 12.3. The molecule has 0 atom stereocenters. The monoisotopic (exact) mass is 418 g/mol. The first kappa shape index (κ1) is 21.2. The molecule has 1 aromatic carbocycles. The molecule has 3 rings (SSSR count). The Labute approximate surface area is 174 Å². The van der Waals surface area contributed by atoms with E-state index in [0.29, 0.717) is 18.8 Å². The van der Waals surface area contributed by atoms with Crippen LogP contribution in [-0.4, -0.2) is 57.8 Å². The number of piperidine rings is 1. The lowest BCUT2D eigenvalue weighted by Crippen LogP contribution is -2.48. The number of amides is 5. The summed E-state index contributed by atoms with van der Waals surface area (Å²) in [6.45, 7) is 5.34. The number of hydrogen-bond donors (Lipinski definition) is 2. The van der Waals surface area contributed by atoms with Crippen molar-refractivity contribution in [2.24, 2.45) is 5.92 Å². The summed E-state index contributed by atoms with van der Waals surface area (Å²) in [5.41, 5.74) is 1.45. The predicted molar refractivity (Wildman–Crippen MR) is 111 cm³/mol. The maximum atomic E-state index is 12.3. The number of carbonyl (C=O) groups excluding carboxylic acids is 4. The summed E-state index contributed by atoms with van der Waals surface area (Å²) >= 11 is 1.01. The summed E-state index contributed by atoms with van der Waals surface area (Å²) in [5.74, 6) is 0.168. The summed E-state index contributed by atoms with van der Waals surface area (Å²) in [6.07, 6.45) is 1.47. The number of benzene rings is 1. The van der Waals surface area contributed by atoms with Gasteiger partial charge in [0.2, 0.25) is 11.8 Å². The molecule has 2 aliphatic heterocycles. The number of nitrogens with zero attached hydrogens (tertiary/aromatic N) is 2. The molecule has 0 aromatic heterocycles. The third-order valence-corrected chi connectivity index (χ3v) is 5.89. The topological polar surface area (TPSA) is 98.8 Å². The van der Waals surface area contributed by atoms with E-state index in [9.17, 15) is 19.2 Å². The zero-order chi connectivity index (χ0) is 21.0. The molecule has 8 nitrogen and oxygen atoms in total. The Morgan fingerprint density at radius 3 is 2.34 bits per heavy atom. The number of imide groups is 1. The van der Waals surface area contributed by atoms with Gasteiger partial charge in [-0.1, -0.05) is 37.7 Å². The van der Waals surface area contributed by atoms with Crippen LogP contribution in [0.1, 0.15) is 32.3 Å². The molecule has 2 N–H and O–H groups in total. The highest BCUT2D eigenvalue weighted by atomic mass is 32.2.